The number of unbranched alkanes of at least 4 members (excludes halogenated alkanes) is 1. The standard InChI is InChI=1S/C16H31OSi.2C2H5.Al/c1-9-11-12-14(3)13-15(10-2)17-18(7,8)16(4,5)6;2*1-2;/h14-15H,9,11-13H2,1,3-8H3;2*1H2,2H3;/t14-,15+;;;/m0.../s1. The highest BCUT2D eigenvalue weighted by Gasteiger charge is 2.39. The maximum absolute atomic E-state index is 6.68. The predicted octanol–water partition coefficient (Wildman–Crippen LogP) is 6.67. The quantitative estimate of drug-likeness (QED) is 0.332. The van der Waals surface area contributed by atoms with E-state index in [4.69, 9.17) is 4.43 Å². The highest BCUT2D eigenvalue weighted by atomic mass is 28.4. The largest absolute Gasteiger partial charge is 0.403 e. The van der Waals surface area contributed by atoms with Crippen molar-refractivity contribution in [1.29, 1.82) is 0 Å². The fourth-order valence-corrected chi connectivity index (χ4v) is 5.04. The van der Waals surface area contributed by atoms with Gasteiger partial charge in [0, 0.05) is 0 Å². The van der Waals surface area contributed by atoms with Crippen LogP contribution in [0, 0.1) is 16.6 Å². The lowest BCUT2D eigenvalue weighted by Crippen LogP contribution is -2.44. The fourth-order valence-electron chi connectivity index (χ4n) is 2.41. The van der Waals surface area contributed by atoms with Crippen LogP contribution in [0.1, 0.15) is 74.1 Å². The zero-order valence-corrected chi connectivity index (χ0v) is 19.5. The molecule has 0 aromatic heterocycles. The average Bonchev–Trinajstić information content (AvgIpc) is 2.44. The Morgan fingerprint density at radius 1 is 1.09 bits per heavy atom. The molecule has 0 aromatic carbocycles. The Labute approximate surface area is 152 Å². The lowest BCUT2D eigenvalue weighted by atomic mass is 9.98. The Bertz CT molecular complexity index is 371. The molecule has 0 aliphatic carbocycles. The summed E-state index contributed by atoms with van der Waals surface area (Å²) < 4.78 is 6.68. The van der Waals surface area contributed by atoms with Crippen LogP contribution < -0.4 is 0 Å². The minimum Gasteiger partial charge on any atom is -0.403 e. The zero-order valence-electron chi connectivity index (χ0n) is 17.4. The van der Waals surface area contributed by atoms with Gasteiger partial charge < -0.3 is 4.43 Å². The van der Waals surface area contributed by atoms with Crippen molar-refractivity contribution in [2.24, 2.45) is 5.92 Å². The van der Waals surface area contributed by atoms with Gasteiger partial charge in [-0.05, 0) is 30.5 Å². The summed E-state index contributed by atoms with van der Waals surface area (Å²) in [5.41, 5.74) is 0. The van der Waals surface area contributed by atoms with Gasteiger partial charge in [0.1, 0.15) is 6.10 Å². The molecule has 3 heteroatoms. The van der Waals surface area contributed by atoms with Crippen molar-refractivity contribution in [3.05, 3.63) is 0 Å². The van der Waals surface area contributed by atoms with E-state index >= 15 is 0 Å². The Morgan fingerprint density at radius 2 is 1.65 bits per heavy atom. The SMILES string of the molecule is CCCC[C@H](C)C[C@@H](C#[C][Al]([CH2]C)[CH2]C)O[Si](C)(C)C(C)(C)C. The van der Waals surface area contributed by atoms with Gasteiger partial charge in [-0.2, -0.15) is 0 Å². The molecule has 0 saturated carbocycles. The summed E-state index contributed by atoms with van der Waals surface area (Å²) in [4.78, 5) is 3.64. The van der Waals surface area contributed by atoms with Crippen LogP contribution in [0.3, 0.4) is 0 Å². The predicted molar refractivity (Wildman–Crippen MR) is 110 cm³/mol. The van der Waals surface area contributed by atoms with Crippen LogP contribution in [0.2, 0.25) is 28.7 Å². The number of rotatable bonds is 9. The van der Waals surface area contributed by atoms with Crippen molar-refractivity contribution in [2.75, 3.05) is 0 Å². The van der Waals surface area contributed by atoms with Crippen LogP contribution >= 0.6 is 0 Å². The molecule has 0 aliphatic heterocycles. The summed E-state index contributed by atoms with van der Waals surface area (Å²) in [6.45, 7) is 20.9. The first-order chi connectivity index (χ1) is 10.6. The van der Waals surface area contributed by atoms with Crippen molar-refractivity contribution < 1.29 is 4.43 Å². The van der Waals surface area contributed by atoms with E-state index in [9.17, 15) is 0 Å². The van der Waals surface area contributed by atoms with Gasteiger partial charge in [-0.15, -0.1) is 0 Å². The van der Waals surface area contributed by atoms with Gasteiger partial charge in [-0.3, -0.25) is 0 Å². The van der Waals surface area contributed by atoms with Gasteiger partial charge in [0.25, 0.3) is 0 Å². The first-order valence-corrected chi connectivity index (χ1v) is 14.9. The number of hydrogen-bond acceptors (Lipinski definition) is 1. The van der Waals surface area contributed by atoms with Gasteiger partial charge in [-0.25, -0.2) is 4.78 Å². The molecule has 0 heterocycles. The van der Waals surface area contributed by atoms with E-state index < -0.39 is 22.5 Å². The topological polar surface area (TPSA) is 9.23 Å². The summed E-state index contributed by atoms with van der Waals surface area (Å²) in [5.74, 6) is 4.29. The second-order valence-corrected chi connectivity index (χ2v) is 16.7. The highest BCUT2D eigenvalue weighted by molar-refractivity contribution is 6.74. The van der Waals surface area contributed by atoms with Crippen LogP contribution in [0.15, 0.2) is 0 Å². The molecule has 0 aromatic rings. The molecule has 0 radical (unpaired) electrons. The van der Waals surface area contributed by atoms with E-state index in [-0.39, 0.29) is 11.1 Å². The molecule has 0 rings (SSSR count). The van der Waals surface area contributed by atoms with Crippen LogP contribution in [-0.2, 0) is 4.43 Å². The van der Waals surface area contributed by atoms with Crippen molar-refractivity contribution in [3.63, 3.8) is 0 Å². The summed E-state index contributed by atoms with van der Waals surface area (Å²) in [6, 6.07) is 0. The first kappa shape index (κ1) is 23.3. The monoisotopic (exact) mass is 352 g/mol. The van der Waals surface area contributed by atoms with E-state index in [0.717, 1.165) is 6.42 Å². The Kier molecular flexibility index (Phi) is 11.1. The summed E-state index contributed by atoms with van der Waals surface area (Å²) in [6.07, 6.45) is 5.16. The molecule has 0 amide bonds. The molecule has 0 N–H and O–H groups in total. The normalized spacial score (nSPS) is 14.8. The molecular formula is C20H41AlOSi. The third-order valence-corrected chi connectivity index (χ3v) is 12.4. The molecule has 0 bridgehead atoms. The van der Waals surface area contributed by atoms with Crippen molar-refractivity contribution in [2.45, 2.75) is 109 Å². The van der Waals surface area contributed by atoms with Crippen LogP contribution in [-0.4, -0.2) is 28.6 Å². The van der Waals surface area contributed by atoms with E-state index in [2.05, 4.69) is 72.3 Å². The number of hydrogen-bond donors (Lipinski definition) is 0. The summed E-state index contributed by atoms with van der Waals surface area (Å²) >= 11 is -0.851. The molecule has 1 nitrogen and oxygen atoms in total. The van der Waals surface area contributed by atoms with E-state index in [1.54, 1.807) is 0 Å². The zero-order chi connectivity index (χ0) is 18.1. The second-order valence-electron chi connectivity index (χ2n) is 8.65. The molecule has 0 spiro atoms. The molecule has 0 fully saturated rings. The lowest BCUT2D eigenvalue weighted by Gasteiger charge is -2.38. The molecule has 0 saturated heterocycles. The van der Waals surface area contributed by atoms with Crippen molar-refractivity contribution >= 4 is 22.5 Å². The van der Waals surface area contributed by atoms with Crippen molar-refractivity contribution in [1.82, 2.24) is 0 Å². The van der Waals surface area contributed by atoms with Crippen LogP contribution in [0.25, 0.3) is 0 Å². The Balaban J connectivity index is 5.07. The molecule has 0 aliphatic rings. The summed E-state index contributed by atoms with van der Waals surface area (Å²) in [7, 11) is -1.75. The van der Waals surface area contributed by atoms with Gasteiger partial charge in [0.05, 0.1) is 0 Å². The van der Waals surface area contributed by atoms with Gasteiger partial charge in [0.15, 0.2) is 8.32 Å². The van der Waals surface area contributed by atoms with Crippen molar-refractivity contribution in [3.8, 4) is 10.7 Å². The molecule has 2 atom stereocenters. The average molecular weight is 353 g/mol. The fraction of sp³-hybridized carbons (Fsp3) is 0.900. The minimum absolute atomic E-state index is 0.149. The first-order valence-electron chi connectivity index (χ1n) is 9.76. The summed E-state index contributed by atoms with van der Waals surface area (Å²) in [5, 5.41) is 2.81. The molecule has 134 valence electrons. The Hall–Kier alpha value is 0.269. The van der Waals surface area contributed by atoms with E-state index in [1.165, 1.54) is 29.8 Å². The van der Waals surface area contributed by atoms with Gasteiger partial charge in [-0.1, -0.05) is 84.2 Å². The lowest BCUT2D eigenvalue weighted by molar-refractivity contribution is 0.199. The van der Waals surface area contributed by atoms with Gasteiger partial charge in [0.2, 0.25) is 0 Å². The third-order valence-electron chi connectivity index (χ3n) is 5.34. The molecule has 23 heavy (non-hydrogen) atoms. The Morgan fingerprint density at radius 3 is 2.09 bits per heavy atom. The third kappa shape index (κ3) is 9.36. The van der Waals surface area contributed by atoms with Crippen LogP contribution in [0.4, 0.5) is 0 Å². The van der Waals surface area contributed by atoms with E-state index in [1.807, 2.05) is 0 Å². The molecular weight excluding hydrogens is 311 g/mol. The second kappa shape index (κ2) is 11.0. The van der Waals surface area contributed by atoms with Gasteiger partial charge >= 0.3 is 14.1 Å². The maximum Gasteiger partial charge on any atom is 0.375 e. The minimum atomic E-state index is -1.75. The highest BCUT2D eigenvalue weighted by Crippen LogP contribution is 2.38. The smallest absolute Gasteiger partial charge is 0.375 e. The molecule has 0 unspecified atom stereocenters. The maximum atomic E-state index is 6.68. The van der Waals surface area contributed by atoms with E-state index in [0.29, 0.717) is 5.92 Å². The van der Waals surface area contributed by atoms with Crippen LogP contribution in [0.5, 0.6) is 0 Å².